The Kier molecular flexibility index (Phi) is 4.93. The standard InChI is InChI=1S/C22H25Cl2N5O/c1-13-18(15-3-2-4-16(23)19(15)24)20-26-7-10-29(20)21(27-13)28-8-5-22(6-9-28)12-14(30)11-17(22)25/h2-4,7,10,14,17,30H,5-6,8-9,11-12,25H2,1H3/t14-,17+/m0/s1. The van der Waals surface area contributed by atoms with Gasteiger partial charge in [-0.3, -0.25) is 4.40 Å². The Morgan fingerprint density at radius 1 is 1.23 bits per heavy atom. The number of aliphatic hydroxyl groups excluding tert-OH is 1. The first kappa shape index (κ1) is 20.1. The topological polar surface area (TPSA) is 79.7 Å². The summed E-state index contributed by atoms with van der Waals surface area (Å²) in [7, 11) is 0. The summed E-state index contributed by atoms with van der Waals surface area (Å²) in [6.07, 6.45) is 6.90. The zero-order valence-corrected chi connectivity index (χ0v) is 18.4. The summed E-state index contributed by atoms with van der Waals surface area (Å²) in [6, 6.07) is 5.69. The van der Waals surface area contributed by atoms with Crippen LogP contribution < -0.4 is 10.6 Å². The SMILES string of the molecule is Cc1nc(N2CCC3(CC2)C[C@@H](O)C[C@H]3N)n2ccnc2c1-c1cccc(Cl)c1Cl. The van der Waals surface area contributed by atoms with Gasteiger partial charge in [0.1, 0.15) is 5.65 Å². The first-order valence-electron chi connectivity index (χ1n) is 10.4. The van der Waals surface area contributed by atoms with Gasteiger partial charge in [-0.15, -0.1) is 0 Å². The van der Waals surface area contributed by atoms with Gasteiger partial charge in [0.15, 0.2) is 0 Å². The van der Waals surface area contributed by atoms with Crippen molar-refractivity contribution >= 4 is 34.8 Å². The minimum atomic E-state index is -0.269. The summed E-state index contributed by atoms with van der Waals surface area (Å²) in [5.41, 5.74) is 9.85. The molecule has 3 aromatic rings. The highest BCUT2D eigenvalue weighted by Gasteiger charge is 2.46. The predicted molar refractivity (Wildman–Crippen MR) is 120 cm³/mol. The number of imidazole rings is 1. The Labute approximate surface area is 185 Å². The van der Waals surface area contributed by atoms with Crippen LogP contribution in [0.1, 0.15) is 31.4 Å². The molecular formula is C22H25Cl2N5O. The minimum Gasteiger partial charge on any atom is -0.393 e. The maximum atomic E-state index is 10.1. The molecule has 1 spiro atoms. The molecule has 2 atom stereocenters. The van der Waals surface area contributed by atoms with Crippen LogP contribution in [0.25, 0.3) is 16.8 Å². The number of aliphatic hydroxyl groups is 1. The van der Waals surface area contributed by atoms with Gasteiger partial charge in [0.2, 0.25) is 5.95 Å². The van der Waals surface area contributed by atoms with E-state index in [0.29, 0.717) is 16.5 Å². The zero-order chi connectivity index (χ0) is 21.0. The van der Waals surface area contributed by atoms with E-state index in [0.717, 1.165) is 60.8 Å². The van der Waals surface area contributed by atoms with Gasteiger partial charge in [0, 0.05) is 42.7 Å². The number of anilines is 1. The molecule has 3 heterocycles. The van der Waals surface area contributed by atoms with Crippen LogP contribution in [0.3, 0.4) is 0 Å². The Balaban J connectivity index is 1.52. The van der Waals surface area contributed by atoms with Gasteiger partial charge in [0.05, 0.1) is 21.8 Å². The number of aromatic nitrogens is 3. The number of rotatable bonds is 2. The average Bonchev–Trinajstić information content (AvgIpc) is 3.29. The van der Waals surface area contributed by atoms with Gasteiger partial charge in [0.25, 0.3) is 0 Å². The molecule has 8 heteroatoms. The molecule has 5 rings (SSSR count). The first-order valence-corrected chi connectivity index (χ1v) is 11.1. The summed E-state index contributed by atoms with van der Waals surface area (Å²) >= 11 is 12.8. The lowest BCUT2D eigenvalue weighted by atomic mass is 9.74. The first-order chi connectivity index (χ1) is 14.4. The van der Waals surface area contributed by atoms with Gasteiger partial charge in [-0.1, -0.05) is 35.3 Å². The van der Waals surface area contributed by atoms with Crippen molar-refractivity contribution in [2.45, 2.75) is 44.8 Å². The summed E-state index contributed by atoms with van der Waals surface area (Å²) in [5, 5.41) is 11.1. The number of nitrogens with two attached hydrogens (primary N) is 1. The third-order valence-corrected chi connectivity index (χ3v) is 7.75. The second-order valence-electron chi connectivity index (χ2n) is 8.64. The third kappa shape index (κ3) is 3.09. The normalized spacial score (nSPS) is 23.6. The Morgan fingerprint density at radius 3 is 2.70 bits per heavy atom. The van der Waals surface area contributed by atoms with Crippen LogP contribution in [0.2, 0.25) is 10.0 Å². The summed E-state index contributed by atoms with van der Waals surface area (Å²) in [6.45, 7) is 3.70. The van der Waals surface area contributed by atoms with Crippen molar-refractivity contribution in [3.05, 3.63) is 46.3 Å². The van der Waals surface area contributed by atoms with E-state index in [1.165, 1.54) is 0 Å². The predicted octanol–water partition coefficient (Wildman–Crippen LogP) is 4.08. The number of hydrogen-bond acceptors (Lipinski definition) is 5. The number of halogens is 2. The van der Waals surface area contributed by atoms with E-state index in [1.807, 2.05) is 29.7 Å². The van der Waals surface area contributed by atoms with Crippen LogP contribution in [-0.4, -0.2) is 44.7 Å². The lowest BCUT2D eigenvalue weighted by Crippen LogP contribution is -2.47. The smallest absolute Gasteiger partial charge is 0.211 e. The van der Waals surface area contributed by atoms with E-state index >= 15 is 0 Å². The van der Waals surface area contributed by atoms with Crippen LogP contribution >= 0.6 is 23.2 Å². The monoisotopic (exact) mass is 445 g/mol. The second kappa shape index (κ2) is 7.38. The molecule has 1 aliphatic carbocycles. The average molecular weight is 446 g/mol. The summed E-state index contributed by atoms with van der Waals surface area (Å²) in [5.74, 6) is 0.879. The van der Waals surface area contributed by atoms with Crippen molar-refractivity contribution in [2.24, 2.45) is 11.1 Å². The number of benzene rings is 1. The van der Waals surface area contributed by atoms with Crippen molar-refractivity contribution in [3.8, 4) is 11.1 Å². The molecule has 1 saturated heterocycles. The van der Waals surface area contributed by atoms with E-state index in [9.17, 15) is 5.11 Å². The molecule has 3 N–H and O–H groups in total. The van der Waals surface area contributed by atoms with Crippen LogP contribution in [0, 0.1) is 12.3 Å². The molecule has 2 aromatic heterocycles. The molecule has 6 nitrogen and oxygen atoms in total. The lowest BCUT2D eigenvalue weighted by molar-refractivity contribution is 0.141. The molecule has 158 valence electrons. The lowest BCUT2D eigenvalue weighted by Gasteiger charge is -2.42. The highest BCUT2D eigenvalue weighted by molar-refractivity contribution is 6.43. The second-order valence-corrected chi connectivity index (χ2v) is 9.43. The summed E-state index contributed by atoms with van der Waals surface area (Å²) in [4.78, 5) is 11.9. The molecule has 1 aliphatic heterocycles. The Hall–Kier alpha value is -1.86. The van der Waals surface area contributed by atoms with Crippen molar-refractivity contribution < 1.29 is 5.11 Å². The number of aryl methyl sites for hydroxylation is 1. The molecular weight excluding hydrogens is 421 g/mol. The van der Waals surface area contributed by atoms with Crippen molar-refractivity contribution in [1.29, 1.82) is 0 Å². The van der Waals surface area contributed by atoms with E-state index in [1.54, 1.807) is 12.3 Å². The van der Waals surface area contributed by atoms with E-state index < -0.39 is 0 Å². The fraction of sp³-hybridized carbons (Fsp3) is 0.455. The van der Waals surface area contributed by atoms with Crippen LogP contribution in [0.15, 0.2) is 30.6 Å². The number of nitrogens with zero attached hydrogens (tertiary/aromatic N) is 4. The van der Waals surface area contributed by atoms with E-state index in [-0.39, 0.29) is 17.6 Å². The third-order valence-electron chi connectivity index (χ3n) is 6.93. The summed E-state index contributed by atoms with van der Waals surface area (Å²) < 4.78 is 2.03. The van der Waals surface area contributed by atoms with Gasteiger partial charge in [-0.05, 0) is 44.1 Å². The maximum absolute atomic E-state index is 10.1. The zero-order valence-electron chi connectivity index (χ0n) is 16.9. The quantitative estimate of drug-likeness (QED) is 0.620. The van der Waals surface area contributed by atoms with Gasteiger partial charge >= 0.3 is 0 Å². The molecule has 0 bridgehead atoms. The molecule has 1 saturated carbocycles. The van der Waals surface area contributed by atoms with Crippen LogP contribution in [0.5, 0.6) is 0 Å². The minimum absolute atomic E-state index is 0.0489. The molecule has 30 heavy (non-hydrogen) atoms. The van der Waals surface area contributed by atoms with Crippen molar-refractivity contribution in [2.75, 3.05) is 18.0 Å². The van der Waals surface area contributed by atoms with Crippen LogP contribution in [0.4, 0.5) is 5.95 Å². The molecule has 1 aromatic carbocycles. The highest BCUT2D eigenvalue weighted by atomic mass is 35.5. The molecule has 0 amide bonds. The number of hydrogen-bond donors (Lipinski definition) is 2. The largest absolute Gasteiger partial charge is 0.393 e. The van der Waals surface area contributed by atoms with E-state index in [2.05, 4.69) is 9.88 Å². The van der Waals surface area contributed by atoms with Crippen molar-refractivity contribution in [3.63, 3.8) is 0 Å². The fourth-order valence-corrected chi connectivity index (χ4v) is 5.68. The Morgan fingerprint density at radius 2 is 2.00 bits per heavy atom. The molecule has 2 fully saturated rings. The van der Waals surface area contributed by atoms with Gasteiger partial charge < -0.3 is 15.7 Å². The highest BCUT2D eigenvalue weighted by Crippen LogP contribution is 2.46. The fourth-order valence-electron chi connectivity index (χ4n) is 5.28. The Bertz CT molecular complexity index is 1110. The van der Waals surface area contributed by atoms with Gasteiger partial charge in [-0.2, -0.15) is 0 Å². The maximum Gasteiger partial charge on any atom is 0.211 e. The molecule has 0 unspecified atom stereocenters. The van der Waals surface area contributed by atoms with E-state index in [4.69, 9.17) is 33.9 Å². The number of piperidine rings is 1. The molecule has 2 aliphatic rings. The number of fused-ring (bicyclic) bond motifs is 1. The van der Waals surface area contributed by atoms with Crippen LogP contribution in [-0.2, 0) is 0 Å². The van der Waals surface area contributed by atoms with Crippen molar-refractivity contribution in [1.82, 2.24) is 14.4 Å². The van der Waals surface area contributed by atoms with Gasteiger partial charge in [-0.25, -0.2) is 9.97 Å². The molecule has 0 radical (unpaired) electrons.